The van der Waals surface area contributed by atoms with Crippen molar-refractivity contribution >= 4 is 17.4 Å². The van der Waals surface area contributed by atoms with Gasteiger partial charge in [-0.1, -0.05) is 12.1 Å². The number of benzene rings is 1. The van der Waals surface area contributed by atoms with Gasteiger partial charge in [0.2, 0.25) is 0 Å². The van der Waals surface area contributed by atoms with Crippen molar-refractivity contribution in [3.05, 3.63) is 53.9 Å². The summed E-state index contributed by atoms with van der Waals surface area (Å²) in [6.45, 7) is 3.15. The predicted molar refractivity (Wildman–Crippen MR) is 109 cm³/mol. The first-order valence-electron chi connectivity index (χ1n) is 10.1. The van der Waals surface area contributed by atoms with Gasteiger partial charge in [-0.15, -0.1) is 5.10 Å². The predicted octanol–water partition coefficient (Wildman–Crippen LogP) is 1.60. The molecule has 9 heteroatoms. The van der Waals surface area contributed by atoms with Crippen LogP contribution in [0.4, 0.5) is 10.2 Å². The van der Waals surface area contributed by atoms with Gasteiger partial charge in [0.25, 0.3) is 5.91 Å². The lowest BCUT2D eigenvalue weighted by Crippen LogP contribution is -2.58. The number of likely N-dealkylation sites (tertiary alicyclic amines) is 1. The zero-order valence-corrected chi connectivity index (χ0v) is 16.4. The third kappa shape index (κ3) is 3.68. The summed E-state index contributed by atoms with van der Waals surface area (Å²) in [7, 11) is 0. The maximum absolute atomic E-state index is 13.5. The summed E-state index contributed by atoms with van der Waals surface area (Å²) in [6.07, 6.45) is 1.18. The van der Waals surface area contributed by atoms with Gasteiger partial charge >= 0.3 is 0 Å². The van der Waals surface area contributed by atoms with E-state index in [1.54, 1.807) is 18.2 Å². The molecule has 0 saturated carbocycles. The number of hydrogen-bond donors (Lipinski definition) is 2. The molecule has 4 heterocycles. The Balaban J connectivity index is 1.22. The normalized spacial score (nSPS) is 19.9. The number of nitrogens with one attached hydrogen (secondary N) is 1. The number of halogens is 1. The van der Waals surface area contributed by atoms with Crippen LogP contribution in [0.1, 0.15) is 22.5 Å². The number of amides is 1. The van der Waals surface area contributed by atoms with E-state index in [4.69, 9.17) is 0 Å². The first-order valence-corrected chi connectivity index (χ1v) is 10.1. The van der Waals surface area contributed by atoms with Gasteiger partial charge in [-0.05, 0) is 36.2 Å². The summed E-state index contributed by atoms with van der Waals surface area (Å²) in [5.74, 6) is 0.683. The number of anilines is 1. The minimum Gasteiger partial charge on any atom is -0.508 e. The van der Waals surface area contributed by atoms with Gasteiger partial charge in [-0.3, -0.25) is 9.69 Å². The van der Waals surface area contributed by atoms with Crippen molar-refractivity contribution in [1.29, 1.82) is 0 Å². The van der Waals surface area contributed by atoms with E-state index in [-0.39, 0.29) is 17.7 Å². The van der Waals surface area contributed by atoms with E-state index in [1.807, 2.05) is 23.1 Å². The molecule has 0 aliphatic carbocycles. The first kappa shape index (κ1) is 18.8. The van der Waals surface area contributed by atoms with E-state index >= 15 is 0 Å². The van der Waals surface area contributed by atoms with Crippen LogP contribution in [0.5, 0.6) is 5.75 Å². The number of rotatable bonds is 5. The second-order valence-electron chi connectivity index (χ2n) is 7.97. The molecule has 1 amide bonds. The van der Waals surface area contributed by atoms with Gasteiger partial charge in [0.15, 0.2) is 11.3 Å². The van der Waals surface area contributed by atoms with Crippen LogP contribution >= 0.6 is 0 Å². The summed E-state index contributed by atoms with van der Waals surface area (Å²) in [4.78, 5) is 21.1. The van der Waals surface area contributed by atoms with Gasteiger partial charge < -0.3 is 15.3 Å². The summed E-state index contributed by atoms with van der Waals surface area (Å²) >= 11 is 0. The lowest BCUT2D eigenvalue weighted by molar-refractivity contribution is 0.0789. The molecule has 2 N–H and O–H groups in total. The van der Waals surface area contributed by atoms with E-state index < -0.39 is 6.17 Å². The number of aromatic hydroxyl groups is 1. The second kappa shape index (κ2) is 7.56. The number of aromatic nitrogens is 3. The van der Waals surface area contributed by atoms with Crippen LogP contribution in [0.15, 0.2) is 42.6 Å². The third-order valence-corrected chi connectivity index (χ3v) is 5.64. The van der Waals surface area contributed by atoms with Gasteiger partial charge in [-0.25, -0.2) is 13.9 Å². The van der Waals surface area contributed by atoms with E-state index in [9.17, 15) is 14.3 Å². The zero-order valence-electron chi connectivity index (χ0n) is 16.4. The summed E-state index contributed by atoms with van der Waals surface area (Å²) in [5.41, 5.74) is 1.99. The highest BCUT2D eigenvalue weighted by atomic mass is 19.1. The number of nitrogens with zero attached hydrogens (tertiary/aromatic N) is 5. The molecule has 1 aromatic carbocycles. The number of hydrogen-bond acceptors (Lipinski definition) is 6. The Labute approximate surface area is 172 Å². The highest BCUT2D eigenvalue weighted by Crippen LogP contribution is 2.21. The number of carbonyl (C=O) groups excluding carboxylic acids is 1. The molecule has 2 aliphatic heterocycles. The van der Waals surface area contributed by atoms with Gasteiger partial charge in [0.1, 0.15) is 17.7 Å². The quantitative estimate of drug-likeness (QED) is 0.665. The number of phenols is 1. The largest absolute Gasteiger partial charge is 0.508 e. The standard InChI is InChI=1S/C21H23FN6O2/c22-15-6-7-27(11-15)20-5-4-19-23-9-18(28(19)25-20)21(30)24-16-12-26(13-16)10-14-2-1-3-17(29)8-14/h1-5,8-9,15-16,29H,6-7,10-13H2,(H,24,30). The number of alkyl halides is 1. The van der Waals surface area contributed by atoms with Crippen LogP contribution < -0.4 is 10.2 Å². The minimum atomic E-state index is -0.838. The number of imidazole rings is 1. The molecule has 1 unspecified atom stereocenters. The smallest absolute Gasteiger partial charge is 0.271 e. The first-order chi connectivity index (χ1) is 14.5. The molecule has 3 aromatic rings. The minimum absolute atomic E-state index is 0.0504. The average molecular weight is 410 g/mol. The van der Waals surface area contributed by atoms with Crippen molar-refractivity contribution in [2.24, 2.45) is 0 Å². The lowest BCUT2D eigenvalue weighted by Gasteiger charge is -2.39. The molecule has 0 radical (unpaired) electrons. The van der Waals surface area contributed by atoms with Crippen molar-refractivity contribution < 1.29 is 14.3 Å². The molecule has 5 rings (SSSR count). The van der Waals surface area contributed by atoms with Crippen LogP contribution in [-0.2, 0) is 6.54 Å². The summed E-state index contributed by atoms with van der Waals surface area (Å²) in [6, 6.07) is 10.9. The Morgan fingerprint density at radius 1 is 1.23 bits per heavy atom. The molecular weight excluding hydrogens is 387 g/mol. The molecule has 30 heavy (non-hydrogen) atoms. The number of carbonyl (C=O) groups is 1. The van der Waals surface area contributed by atoms with Crippen molar-refractivity contribution in [2.45, 2.75) is 25.2 Å². The highest BCUT2D eigenvalue weighted by Gasteiger charge is 2.29. The van der Waals surface area contributed by atoms with Crippen molar-refractivity contribution in [3.63, 3.8) is 0 Å². The van der Waals surface area contributed by atoms with Crippen LogP contribution in [-0.4, -0.2) is 68.9 Å². The molecule has 156 valence electrons. The van der Waals surface area contributed by atoms with Crippen LogP contribution in [0, 0.1) is 0 Å². The van der Waals surface area contributed by atoms with E-state index in [2.05, 4.69) is 20.3 Å². The maximum Gasteiger partial charge on any atom is 0.271 e. The SMILES string of the molecule is O=C(NC1CN(Cc2cccc(O)c2)C1)c1cnc2ccc(N3CCC(F)C3)nn12. The van der Waals surface area contributed by atoms with E-state index in [0.29, 0.717) is 36.7 Å². The van der Waals surface area contributed by atoms with Crippen molar-refractivity contribution in [3.8, 4) is 5.75 Å². The van der Waals surface area contributed by atoms with Gasteiger partial charge in [0, 0.05) is 26.2 Å². The molecule has 0 spiro atoms. The second-order valence-corrected chi connectivity index (χ2v) is 7.97. The van der Waals surface area contributed by atoms with Crippen LogP contribution in [0.3, 0.4) is 0 Å². The molecule has 2 saturated heterocycles. The molecule has 2 fully saturated rings. The molecular formula is C21H23FN6O2. The van der Waals surface area contributed by atoms with Gasteiger partial charge in [0.05, 0.1) is 18.8 Å². The van der Waals surface area contributed by atoms with E-state index in [0.717, 1.165) is 25.2 Å². The third-order valence-electron chi connectivity index (χ3n) is 5.64. The molecule has 0 bridgehead atoms. The van der Waals surface area contributed by atoms with Crippen molar-refractivity contribution in [1.82, 2.24) is 24.8 Å². The van der Waals surface area contributed by atoms with Crippen LogP contribution in [0.2, 0.25) is 0 Å². The Hall–Kier alpha value is -3.20. The topological polar surface area (TPSA) is 86.0 Å². The molecule has 1 atom stereocenters. The summed E-state index contributed by atoms with van der Waals surface area (Å²) < 4.78 is 15.1. The number of phenolic OH excluding ortho intramolecular Hbond substituents is 1. The lowest BCUT2D eigenvalue weighted by atomic mass is 10.1. The Kier molecular flexibility index (Phi) is 4.74. The Morgan fingerprint density at radius 3 is 2.87 bits per heavy atom. The van der Waals surface area contributed by atoms with Gasteiger partial charge in [-0.2, -0.15) is 0 Å². The fraction of sp³-hybridized carbons (Fsp3) is 0.381. The molecule has 2 aliphatic rings. The summed E-state index contributed by atoms with van der Waals surface area (Å²) in [5, 5.41) is 17.1. The Morgan fingerprint density at radius 2 is 2.10 bits per heavy atom. The molecule has 8 nitrogen and oxygen atoms in total. The maximum atomic E-state index is 13.5. The number of fused-ring (bicyclic) bond motifs is 1. The van der Waals surface area contributed by atoms with Crippen LogP contribution in [0.25, 0.3) is 5.65 Å². The highest BCUT2D eigenvalue weighted by molar-refractivity contribution is 5.93. The Bertz CT molecular complexity index is 1080. The fourth-order valence-corrected chi connectivity index (χ4v) is 4.08. The van der Waals surface area contributed by atoms with Crippen molar-refractivity contribution in [2.75, 3.05) is 31.1 Å². The average Bonchev–Trinajstić information content (AvgIpc) is 3.32. The van der Waals surface area contributed by atoms with E-state index in [1.165, 1.54) is 10.7 Å². The molecule has 2 aromatic heterocycles. The fourth-order valence-electron chi connectivity index (χ4n) is 4.08. The zero-order chi connectivity index (χ0) is 20.7. The monoisotopic (exact) mass is 410 g/mol.